The third kappa shape index (κ3) is 3.40. The molecule has 19 heavy (non-hydrogen) atoms. The van der Waals surface area contributed by atoms with E-state index in [9.17, 15) is 18.4 Å². The number of carbonyl (C=O) groups excluding carboxylic acids is 1. The number of nitrogens with one attached hydrogen (secondary N) is 1. The van der Waals surface area contributed by atoms with E-state index in [4.69, 9.17) is 9.84 Å². The topological polar surface area (TPSA) is 75.6 Å². The lowest BCUT2D eigenvalue weighted by Gasteiger charge is -2.28. The van der Waals surface area contributed by atoms with E-state index < -0.39 is 29.8 Å². The molecule has 1 saturated heterocycles. The van der Waals surface area contributed by atoms with Gasteiger partial charge in [0, 0.05) is 18.8 Å². The lowest BCUT2D eigenvalue weighted by Crippen LogP contribution is -2.46. The fourth-order valence-electron chi connectivity index (χ4n) is 2.54. The second-order valence-electron chi connectivity index (χ2n) is 5.23. The second kappa shape index (κ2) is 5.40. The first kappa shape index (κ1) is 14.2. The van der Waals surface area contributed by atoms with Crippen LogP contribution in [-0.4, -0.2) is 42.2 Å². The minimum absolute atomic E-state index is 0.0724. The van der Waals surface area contributed by atoms with E-state index in [2.05, 4.69) is 5.32 Å². The van der Waals surface area contributed by atoms with Gasteiger partial charge in [-0.15, -0.1) is 0 Å². The largest absolute Gasteiger partial charge is 0.481 e. The Kier molecular flexibility index (Phi) is 4.03. The number of rotatable bonds is 3. The van der Waals surface area contributed by atoms with Crippen LogP contribution in [-0.2, 0) is 14.3 Å². The fraction of sp³-hybridized carbons (Fsp3) is 0.833. The highest BCUT2D eigenvalue weighted by atomic mass is 19.3. The molecule has 108 valence electrons. The van der Waals surface area contributed by atoms with Gasteiger partial charge in [0.2, 0.25) is 11.8 Å². The highest BCUT2D eigenvalue weighted by molar-refractivity contribution is 5.80. The molecule has 0 bridgehead atoms. The Bertz CT molecular complexity index is 365. The predicted molar refractivity (Wildman–Crippen MR) is 60.8 cm³/mol. The predicted octanol–water partition coefficient (Wildman–Crippen LogP) is 1.03. The molecule has 0 aromatic rings. The number of hydrogen-bond acceptors (Lipinski definition) is 3. The molecule has 7 heteroatoms. The van der Waals surface area contributed by atoms with Crippen LogP contribution in [0, 0.1) is 11.8 Å². The number of halogens is 2. The van der Waals surface area contributed by atoms with E-state index in [1.54, 1.807) is 0 Å². The summed E-state index contributed by atoms with van der Waals surface area (Å²) in [4.78, 5) is 22.9. The van der Waals surface area contributed by atoms with Crippen molar-refractivity contribution in [2.24, 2.45) is 11.8 Å². The number of carbonyl (C=O) groups is 2. The maximum absolute atomic E-state index is 13.0. The summed E-state index contributed by atoms with van der Waals surface area (Å²) < 4.78 is 31.0. The van der Waals surface area contributed by atoms with Crippen molar-refractivity contribution in [3.63, 3.8) is 0 Å². The Morgan fingerprint density at radius 3 is 2.42 bits per heavy atom. The summed E-state index contributed by atoms with van der Waals surface area (Å²) in [6.45, 7) is 0.231. The van der Waals surface area contributed by atoms with Gasteiger partial charge in [0.15, 0.2) is 0 Å². The van der Waals surface area contributed by atoms with E-state index in [1.807, 2.05) is 0 Å². The van der Waals surface area contributed by atoms with Gasteiger partial charge in [-0.3, -0.25) is 9.59 Å². The van der Waals surface area contributed by atoms with Crippen LogP contribution in [0.3, 0.4) is 0 Å². The first-order valence-electron chi connectivity index (χ1n) is 6.38. The van der Waals surface area contributed by atoms with Crippen LogP contribution in [0.4, 0.5) is 8.78 Å². The summed E-state index contributed by atoms with van der Waals surface area (Å²) in [6, 6.07) is -0.563. The molecule has 1 aliphatic carbocycles. The highest BCUT2D eigenvalue weighted by Crippen LogP contribution is 2.36. The SMILES string of the molecule is O=C(NC1COCC1C(=O)O)C1CCC(F)(F)CC1. The number of alkyl halides is 2. The number of hydrogen-bond donors (Lipinski definition) is 2. The molecule has 0 radical (unpaired) electrons. The molecule has 0 spiro atoms. The molecule has 0 aromatic carbocycles. The summed E-state index contributed by atoms with van der Waals surface area (Å²) in [5, 5.41) is 11.6. The zero-order valence-electron chi connectivity index (χ0n) is 10.4. The number of amides is 1. The van der Waals surface area contributed by atoms with Gasteiger partial charge in [-0.1, -0.05) is 0 Å². The summed E-state index contributed by atoms with van der Waals surface area (Å²) in [5.41, 5.74) is 0. The van der Waals surface area contributed by atoms with Crippen molar-refractivity contribution < 1.29 is 28.2 Å². The van der Waals surface area contributed by atoms with Crippen LogP contribution in [0.1, 0.15) is 25.7 Å². The fourth-order valence-corrected chi connectivity index (χ4v) is 2.54. The summed E-state index contributed by atoms with van der Waals surface area (Å²) in [5.74, 6) is -5.23. The molecule has 2 aliphatic rings. The molecule has 1 aliphatic heterocycles. The van der Waals surface area contributed by atoms with Gasteiger partial charge in [-0.25, -0.2) is 8.78 Å². The minimum Gasteiger partial charge on any atom is -0.481 e. The van der Waals surface area contributed by atoms with E-state index in [0.29, 0.717) is 0 Å². The quantitative estimate of drug-likeness (QED) is 0.808. The van der Waals surface area contributed by atoms with Crippen molar-refractivity contribution in [2.75, 3.05) is 13.2 Å². The Hall–Kier alpha value is -1.24. The van der Waals surface area contributed by atoms with Crippen LogP contribution in [0.2, 0.25) is 0 Å². The molecular weight excluding hydrogens is 260 g/mol. The first-order chi connectivity index (χ1) is 8.89. The van der Waals surface area contributed by atoms with Gasteiger partial charge >= 0.3 is 5.97 Å². The monoisotopic (exact) mass is 277 g/mol. The normalized spacial score (nSPS) is 31.1. The molecule has 5 nitrogen and oxygen atoms in total. The molecular formula is C12H17F2NO4. The van der Waals surface area contributed by atoms with Crippen molar-refractivity contribution in [3.05, 3.63) is 0 Å². The third-order valence-electron chi connectivity index (χ3n) is 3.81. The molecule has 2 rings (SSSR count). The van der Waals surface area contributed by atoms with Crippen LogP contribution >= 0.6 is 0 Å². The summed E-state index contributed by atoms with van der Waals surface area (Å²) in [6.07, 6.45) is -0.280. The molecule has 2 fully saturated rings. The van der Waals surface area contributed by atoms with Gasteiger partial charge in [0.05, 0.1) is 19.3 Å². The van der Waals surface area contributed by atoms with E-state index >= 15 is 0 Å². The van der Waals surface area contributed by atoms with Crippen molar-refractivity contribution in [2.45, 2.75) is 37.6 Å². The Labute approximate surface area is 109 Å². The number of ether oxygens (including phenoxy) is 1. The summed E-state index contributed by atoms with van der Waals surface area (Å²) >= 11 is 0. The minimum atomic E-state index is -2.67. The maximum atomic E-state index is 13.0. The van der Waals surface area contributed by atoms with Crippen molar-refractivity contribution in [1.29, 1.82) is 0 Å². The van der Waals surface area contributed by atoms with Crippen LogP contribution < -0.4 is 5.32 Å². The summed E-state index contributed by atoms with van der Waals surface area (Å²) in [7, 11) is 0. The van der Waals surface area contributed by atoms with Gasteiger partial charge in [-0.2, -0.15) is 0 Å². The van der Waals surface area contributed by atoms with Gasteiger partial charge in [0.25, 0.3) is 0 Å². The average molecular weight is 277 g/mol. The van der Waals surface area contributed by atoms with Gasteiger partial charge in [-0.05, 0) is 12.8 Å². The molecule has 2 N–H and O–H groups in total. The molecule has 1 saturated carbocycles. The highest BCUT2D eigenvalue weighted by Gasteiger charge is 2.40. The Morgan fingerprint density at radius 1 is 1.21 bits per heavy atom. The lowest BCUT2D eigenvalue weighted by molar-refractivity contribution is -0.142. The van der Waals surface area contributed by atoms with Crippen LogP contribution in [0.15, 0.2) is 0 Å². The van der Waals surface area contributed by atoms with E-state index in [1.165, 1.54) is 0 Å². The van der Waals surface area contributed by atoms with Crippen LogP contribution in [0.5, 0.6) is 0 Å². The van der Waals surface area contributed by atoms with Crippen molar-refractivity contribution in [3.8, 4) is 0 Å². The van der Waals surface area contributed by atoms with Crippen molar-refractivity contribution >= 4 is 11.9 Å². The molecule has 2 unspecified atom stereocenters. The molecule has 1 heterocycles. The molecule has 2 atom stereocenters. The van der Waals surface area contributed by atoms with Gasteiger partial charge < -0.3 is 15.2 Å². The standard InChI is InChI=1S/C12H17F2NO4/c13-12(14)3-1-7(2-4-12)10(16)15-9-6-19-5-8(9)11(17)18/h7-9H,1-6H2,(H,15,16)(H,17,18). The zero-order valence-corrected chi connectivity index (χ0v) is 10.4. The number of carboxylic acids is 1. The number of carboxylic acid groups (broad SMARTS) is 1. The van der Waals surface area contributed by atoms with Crippen molar-refractivity contribution in [1.82, 2.24) is 5.32 Å². The zero-order chi connectivity index (χ0) is 14.0. The van der Waals surface area contributed by atoms with Gasteiger partial charge in [0.1, 0.15) is 5.92 Å². The second-order valence-corrected chi connectivity index (χ2v) is 5.23. The first-order valence-corrected chi connectivity index (χ1v) is 6.38. The van der Waals surface area contributed by atoms with E-state index in [-0.39, 0.29) is 44.8 Å². The van der Waals surface area contributed by atoms with E-state index in [0.717, 1.165) is 0 Å². The third-order valence-corrected chi connectivity index (χ3v) is 3.81. The average Bonchev–Trinajstić information content (AvgIpc) is 2.77. The Balaban J connectivity index is 1.86. The Morgan fingerprint density at radius 2 is 1.84 bits per heavy atom. The molecule has 1 amide bonds. The molecule has 0 aromatic heterocycles. The smallest absolute Gasteiger partial charge is 0.311 e. The number of aliphatic carboxylic acids is 1. The van der Waals surface area contributed by atoms with Crippen LogP contribution in [0.25, 0.3) is 0 Å². The lowest BCUT2D eigenvalue weighted by atomic mass is 9.86. The maximum Gasteiger partial charge on any atom is 0.311 e.